The first-order valence-corrected chi connectivity index (χ1v) is 22.4. The second-order valence-corrected chi connectivity index (χ2v) is 16.6. The molecule has 12 aromatic rings. The van der Waals surface area contributed by atoms with E-state index in [9.17, 15) is 11.0 Å². The van der Waals surface area contributed by atoms with Crippen molar-refractivity contribution in [3.05, 3.63) is 273 Å². The zero-order valence-electron chi connectivity index (χ0n) is 44.3. The molecule has 0 aliphatic rings. The molecule has 1 heteroatoms. The molecule has 0 N–H and O–H groups in total. The average molecular weight is 860 g/mol. The summed E-state index contributed by atoms with van der Waals surface area (Å²) < 4.78 is 78.1. The standard InChI is InChI=1S/C66H45N/c1-2-13-51(14-3-1)65-44-37-52-17-6-9-24-64(52)66(65)54-35-42-59(43-36-54)67(57-38-31-47(32-39-57)46-27-29-53(30-28-46)62-25-11-18-49-15-4-7-22-60(49)62)58-40-33-48(34-41-58)55-20-10-21-56(45-55)63-26-12-19-50-16-5-8-23-61(50)63/h1-45H/i31D,32D,35D,36D,38D,39D,42D,43D. The molecule has 0 bridgehead atoms. The van der Waals surface area contributed by atoms with Crippen LogP contribution < -0.4 is 4.90 Å². The quantitative estimate of drug-likeness (QED) is 0.140. The molecular weight excluding hydrogens is 807 g/mol. The van der Waals surface area contributed by atoms with Gasteiger partial charge >= 0.3 is 0 Å². The number of anilines is 3. The van der Waals surface area contributed by atoms with Crippen LogP contribution >= 0.6 is 0 Å². The molecule has 1 nitrogen and oxygen atoms in total. The van der Waals surface area contributed by atoms with E-state index in [0.717, 1.165) is 76.8 Å². The number of fused-ring (bicyclic) bond motifs is 3. The zero-order chi connectivity index (χ0) is 51.5. The largest absolute Gasteiger partial charge is 0.311 e. The van der Waals surface area contributed by atoms with Crippen molar-refractivity contribution in [2.24, 2.45) is 0 Å². The molecule has 0 heterocycles. The van der Waals surface area contributed by atoms with Crippen molar-refractivity contribution in [1.29, 1.82) is 0 Å². The summed E-state index contributed by atoms with van der Waals surface area (Å²) in [5, 5.41) is 6.07. The molecule has 0 fully saturated rings. The predicted molar refractivity (Wildman–Crippen MR) is 286 cm³/mol. The minimum Gasteiger partial charge on any atom is -0.311 e. The van der Waals surface area contributed by atoms with Gasteiger partial charge in [0, 0.05) is 17.1 Å². The smallest absolute Gasteiger partial charge is 0.0645 e. The van der Waals surface area contributed by atoms with Gasteiger partial charge in [0.2, 0.25) is 0 Å². The summed E-state index contributed by atoms with van der Waals surface area (Å²) in [5.41, 5.74) is 8.57. The molecule has 0 atom stereocenters. The van der Waals surface area contributed by atoms with Crippen LogP contribution in [0.4, 0.5) is 17.1 Å². The molecule has 0 aromatic heterocycles. The van der Waals surface area contributed by atoms with E-state index in [2.05, 4.69) is 66.7 Å². The lowest BCUT2D eigenvalue weighted by molar-refractivity contribution is 1.28. The van der Waals surface area contributed by atoms with Crippen molar-refractivity contribution in [2.75, 3.05) is 4.90 Å². The van der Waals surface area contributed by atoms with E-state index in [1.165, 1.54) is 4.90 Å². The highest BCUT2D eigenvalue weighted by Crippen LogP contribution is 2.42. The van der Waals surface area contributed by atoms with Crippen molar-refractivity contribution < 1.29 is 11.0 Å². The van der Waals surface area contributed by atoms with Crippen LogP contribution in [0.1, 0.15) is 11.0 Å². The maximum Gasteiger partial charge on any atom is 0.0645 e. The van der Waals surface area contributed by atoms with E-state index in [1.807, 2.05) is 146 Å². The molecule has 0 radical (unpaired) electrons. The first-order valence-electron chi connectivity index (χ1n) is 26.4. The first kappa shape index (κ1) is 32.0. The van der Waals surface area contributed by atoms with Crippen LogP contribution in [0.5, 0.6) is 0 Å². The van der Waals surface area contributed by atoms with Crippen molar-refractivity contribution in [2.45, 2.75) is 0 Å². The lowest BCUT2D eigenvalue weighted by Crippen LogP contribution is -2.09. The molecule has 0 unspecified atom stereocenters. The summed E-state index contributed by atoms with van der Waals surface area (Å²) in [6.07, 6.45) is 0. The van der Waals surface area contributed by atoms with Gasteiger partial charge in [0.15, 0.2) is 0 Å². The Morgan fingerprint density at radius 3 is 1.31 bits per heavy atom. The lowest BCUT2D eigenvalue weighted by atomic mass is 9.89. The molecule has 0 amide bonds. The highest BCUT2D eigenvalue weighted by atomic mass is 15.1. The highest BCUT2D eigenvalue weighted by molar-refractivity contribution is 6.04. The Hall–Kier alpha value is -8.78. The Labute approximate surface area is 403 Å². The third-order valence-electron chi connectivity index (χ3n) is 12.6. The fraction of sp³-hybridized carbons (Fsp3) is 0. The van der Waals surface area contributed by atoms with Crippen LogP contribution in [-0.2, 0) is 0 Å². The molecule has 314 valence electrons. The molecule has 0 saturated heterocycles. The third kappa shape index (κ3) is 7.63. The van der Waals surface area contributed by atoms with Gasteiger partial charge in [-0.3, -0.25) is 0 Å². The maximum absolute atomic E-state index is 9.89. The molecule has 0 aliphatic heterocycles. The van der Waals surface area contributed by atoms with Gasteiger partial charge in [0.1, 0.15) is 0 Å². The van der Waals surface area contributed by atoms with E-state index in [1.54, 1.807) is 12.1 Å². The fourth-order valence-electron chi connectivity index (χ4n) is 9.31. The van der Waals surface area contributed by atoms with Gasteiger partial charge in [-0.2, -0.15) is 0 Å². The average Bonchev–Trinajstić information content (AvgIpc) is 3.49. The summed E-state index contributed by atoms with van der Waals surface area (Å²) in [6.45, 7) is 0. The van der Waals surface area contributed by atoms with Crippen LogP contribution in [0.25, 0.3) is 99.1 Å². The molecule has 67 heavy (non-hydrogen) atoms. The summed E-state index contributed by atoms with van der Waals surface area (Å²) in [6, 6.07) is 70.2. The second kappa shape index (κ2) is 17.3. The summed E-state index contributed by atoms with van der Waals surface area (Å²) in [7, 11) is 0. The molecule has 12 aromatic carbocycles. The monoisotopic (exact) mass is 859 g/mol. The Balaban J connectivity index is 1.03. The summed E-state index contributed by atoms with van der Waals surface area (Å²) in [5.74, 6) is 0. The minimum atomic E-state index is -0.408. The van der Waals surface area contributed by atoms with Crippen molar-refractivity contribution in [3.63, 3.8) is 0 Å². The van der Waals surface area contributed by atoms with Crippen LogP contribution in [0.3, 0.4) is 0 Å². The maximum atomic E-state index is 9.89. The van der Waals surface area contributed by atoms with Crippen LogP contribution in [0.2, 0.25) is 0 Å². The lowest BCUT2D eigenvalue weighted by Gasteiger charge is -2.26. The highest BCUT2D eigenvalue weighted by Gasteiger charge is 2.17. The van der Waals surface area contributed by atoms with E-state index in [-0.39, 0.29) is 46.7 Å². The van der Waals surface area contributed by atoms with E-state index in [4.69, 9.17) is 0 Å². The number of rotatable bonds is 9. The van der Waals surface area contributed by atoms with Gasteiger partial charge in [-0.05, 0) is 141 Å². The predicted octanol–water partition coefficient (Wildman–Crippen LogP) is 18.6. The third-order valence-corrected chi connectivity index (χ3v) is 12.6. The Bertz CT molecular complexity index is 4140. The molecule has 12 rings (SSSR count). The van der Waals surface area contributed by atoms with E-state index in [0.29, 0.717) is 16.8 Å². The topological polar surface area (TPSA) is 3.24 Å². The molecule has 0 aliphatic carbocycles. The number of hydrogen-bond donors (Lipinski definition) is 0. The van der Waals surface area contributed by atoms with E-state index >= 15 is 0 Å². The van der Waals surface area contributed by atoms with Gasteiger partial charge in [-0.1, -0.05) is 230 Å². The fourth-order valence-corrected chi connectivity index (χ4v) is 9.31. The SMILES string of the molecule is [2H]c1c([2H])c(N(c2ccc(-c3cccc(-c4cccc5ccccc45)c3)cc2)c2c([2H])c([2H])c(-c3c(-c4ccccc4)ccc4ccccc34)c([2H])c2[2H])c([2H])c([2H])c1-c1ccc(-c2cccc3ccccc23)cc1. The van der Waals surface area contributed by atoms with Crippen molar-refractivity contribution >= 4 is 49.4 Å². The number of hydrogen-bond acceptors (Lipinski definition) is 1. The second-order valence-electron chi connectivity index (χ2n) is 16.6. The molecule has 0 saturated carbocycles. The van der Waals surface area contributed by atoms with Crippen molar-refractivity contribution in [3.8, 4) is 66.8 Å². The Kier molecular flexibility index (Phi) is 8.26. The van der Waals surface area contributed by atoms with Gasteiger partial charge in [0.25, 0.3) is 0 Å². The van der Waals surface area contributed by atoms with Crippen LogP contribution in [0.15, 0.2) is 273 Å². The number of benzene rings is 12. The molecule has 0 spiro atoms. The normalized spacial score (nSPS) is 13.0. The summed E-state index contributed by atoms with van der Waals surface area (Å²) in [4.78, 5) is 1.37. The van der Waals surface area contributed by atoms with Gasteiger partial charge in [-0.25, -0.2) is 0 Å². The van der Waals surface area contributed by atoms with Gasteiger partial charge < -0.3 is 4.90 Å². The van der Waals surface area contributed by atoms with Gasteiger partial charge in [0.05, 0.1) is 11.0 Å². The van der Waals surface area contributed by atoms with Crippen LogP contribution in [0, 0.1) is 0 Å². The van der Waals surface area contributed by atoms with Crippen molar-refractivity contribution in [1.82, 2.24) is 0 Å². The Morgan fingerprint density at radius 2 is 0.672 bits per heavy atom. The van der Waals surface area contributed by atoms with Crippen LogP contribution in [-0.4, -0.2) is 0 Å². The minimum absolute atomic E-state index is 0.0962. The van der Waals surface area contributed by atoms with Gasteiger partial charge in [-0.15, -0.1) is 0 Å². The first-order chi connectivity index (χ1) is 36.6. The zero-order valence-corrected chi connectivity index (χ0v) is 36.3. The summed E-state index contributed by atoms with van der Waals surface area (Å²) >= 11 is 0. The Morgan fingerprint density at radius 1 is 0.239 bits per heavy atom. The molecular formula is C66H45N. The number of nitrogens with zero attached hydrogens (tertiary/aromatic N) is 1. The van der Waals surface area contributed by atoms with E-state index < -0.39 is 24.2 Å².